The molecule has 3 aromatic carbocycles. The fourth-order valence-corrected chi connectivity index (χ4v) is 4.34. The van der Waals surface area contributed by atoms with Gasteiger partial charge in [0.05, 0.1) is 16.8 Å². The Morgan fingerprint density at radius 1 is 1.00 bits per heavy atom. The molecule has 0 aliphatic rings. The third-order valence-corrected chi connectivity index (χ3v) is 6.62. The molecule has 0 unspecified atom stereocenters. The predicted molar refractivity (Wildman–Crippen MR) is 122 cm³/mol. The van der Waals surface area contributed by atoms with E-state index in [4.69, 9.17) is 0 Å². The number of aromatic hydroxyl groups is 2. The zero-order valence-electron chi connectivity index (χ0n) is 17.6. The van der Waals surface area contributed by atoms with E-state index in [0.717, 1.165) is 21.6 Å². The highest BCUT2D eigenvalue weighted by atomic mass is 32.2. The summed E-state index contributed by atoms with van der Waals surface area (Å²) >= 11 is 0. The molecule has 0 radical (unpaired) electrons. The number of phenols is 2. The molecule has 3 N–H and O–H groups in total. The fraction of sp³-hybridized carbons (Fsp3) is 0.130. The van der Waals surface area contributed by atoms with Crippen LogP contribution in [-0.2, 0) is 14.8 Å². The van der Waals surface area contributed by atoms with Gasteiger partial charge in [0.25, 0.3) is 15.9 Å². The Hall–Kier alpha value is -3.85. The molecule has 3 rings (SSSR count). The van der Waals surface area contributed by atoms with Crippen LogP contribution in [0.5, 0.6) is 11.5 Å². The van der Waals surface area contributed by atoms with Gasteiger partial charge in [-0.25, -0.2) is 13.8 Å². The van der Waals surface area contributed by atoms with Crippen LogP contribution in [0.15, 0.2) is 76.7 Å². The van der Waals surface area contributed by atoms with Crippen molar-refractivity contribution in [1.29, 1.82) is 0 Å². The highest BCUT2D eigenvalue weighted by Gasteiger charge is 2.27. The SMILES string of the molecule is Cc1ccc(N(CC(=O)N/N=C/c2cccc(O)c2O)S(=O)(=O)c2ccccc2)cc1C. The van der Waals surface area contributed by atoms with Gasteiger partial charge in [-0.3, -0.25) is 9.10 Å². The number of nitrogens with one attached hydrogen (secondary N) is 1. The first-order valence-electron chi connectivity index (χ1n) is 9.68. The zero-order chi connectivity index (χ0) is 23.3. The molecule has 0 aliphatic heterocycles. The second-order valence-electron chi connectivity index (χ2n) is 7.10. The Morgan fingerprint density at radius 3 is 2.41 bits per heavy atom. The summed E-state index contributed by atoms with van der Waals surface area (Å²) in [5.74, 6) is -1.39. The molecule has 0 bridgehead atoms. The summed E-state index contributed by atoms with van der Waals surface area (Å²) in [6.07, 6.45) is 1.15. The average molecular weight is 454 g/mol. The Labute approximate surface area is 186 Å². The van der Waals surface area contributed by atoms with Gasteiger partial charge in [0.2, 0.25) is 0 Å². The van der Waals surface area contributed by atoms with Crippen LogP contribution in [0.1, 0.15) is 16.7 Å². The Balaban J connectivity index is 1.87. The first-order chi connectivity index (χ1) is 15.2. The molecule has 166 valence electrons. The van der Waals surface area contributed by atoms with Gasteiger partial charge in [0.15, 0.2) is 11.5 Å². The molecule has 1 amide bonds. The number of anilines is 1. The number of hydrogen-bond acceptors (Lipinski definition) is 6. The van der Waals surface area contributed by atoms with Gasteiger partial charge in [0.1, 0.15) is 6.54 Å². The minimum atomic E-state index is -4.02. The van der Waals surface area contributed by atoms with E-state index in [2.05, 4.69) is 10.5 Å². The summed E-state index contributed by atoms with van der Waals surface area (Å²) in [4.78, 5) is 12.6. The van der Waals surface area contributed by atoms with Crippen LogP contribution in [0.25, 0.3) is 0 Å². The fourth-order valence-electron chi connectivity index (χ4n) is 2.91. The van der Waals surface area contributed by atoms with Gasteiger partial charge < -0.3 is 10.2 Å². The van der Waals surface area contributed by atoms with Crippen molar-refractivity contribution in [2.24, 2.45) is 5.10 Å². The number of amides is 1. The summed E-state index contributed by atoms with van der Waals surface area (Å²) in [6, 6.07) is 17.3. The van der Waals surface area contributed by atoms with Crippen molar-refractivity contribution in [1.82, 2.24) is 5.43 Å². The molecular weight excluding hydrogens is 430 g/mol. The molecule has 32 heavy (non-hydrogen) atoms. The Morgan fingerprint density at radius 2 is 1.72 bits per heavy atom. The average Bonchev–Trinajstić information content (AvgIpc) is 2.77. The predicted octanol–water partition coefficient (Wildman–Crippen LogP) is 3.06. The second-order valence-corrected chi connectivity index (χ2v) is 8.96. The first kappa shape index (κ1) is 22.8. The van der Waals surface area contributed by atoms with Crippen LogP contribution in [0.3, 0.4) is 0 Å². The smallest absolute Gasteiger partial charge is 0.264 e. The lowest BCUT2D eigenvalue weighted by molar-refractivity contribution is -0.119. The highest BCUT2D eigenvalue weighted by molar-refractivity contribution is 7.92. The summed E-state index contributed by atoms with van der Waals surface area (Å²) in [6.45, 7) is 3.26. The molecule has 0 fully saturated rings. The number of sulfonamides is 1. The van der Waals surface area contributed by atoms with Crippen molar-refractivity contribution in [2.75, 3.05) is 10.8 Å². The van der Waals surface area contributed by atoms with Gasteiger partial charge >= 0.3 is 0 Å². The highest BCUT2D eigenvalue weighted by Crippen LogP contribution is 2.27. The van der Waals surface area contributed by atoms with E-state index >= 15 is 0 Å². The maximum absolute atomic E-state index is 13.3. The van der Waals surface area contributed by atoms with Crippen molar-refractivity contribution in [3.63, 3.8) is 0 Å². The molecule has 0 spiro atoms. The van der Waals surface area contributed by atoms with Crippen molar-refractivity contribution in [2.45, 2.75) is 18.7 Å². The number of para-hydroxylation sites is 1. The van der Waals surface area contributed by atoms with E-state index < -0.39 is 22.5 Å². The molecule has 0 atom stereocenters. The third kappa shape index (κ3) is 5.06. The molecule has 0 aromatic heterocycles. The number of hydrogen-bond donors (Lipinski definition) is 3. The molecule has 0 heterocycles. The van der Waals surface area contributed by atoms with E-state index in [1.807, 2.05) is 13.8 Å². The third-order valence-electron chi connectivity index (χ3n) is 4.84. The van der Waals surface area contributed by atoms with E-state index in [0.29, 0.717) is 5.69 Å². The van der Waals surface area contributed by atoms with Gasteiger partial charge in [-0.2, -0.15) is 5.10 Å². The van der Waals surface area contributed by atoms with Crippen molar-refractivity contribution in [3.8, 4) is 11.5 Å². The van der Waals surface area contributed by atoms with Gasteiger partial charge in [0, 0.05) is 5.56 Å². The summed E-state index contributed by atoms with van der Waals surface area (Å²) in [5.41, 5.74) is 4.67. The normalized spacial score (nSPS) is 11.4. The number of rotatable bonds is 7. The summed E-state index contributed by atoms with van der Waals surface area (Å²) in [7, 11) is -4.02. The Kier molecular flexibility index (Phi) is 6.79. The molecule has 0 aliphatic carbocycles. The molecule has 3 aromatic rings. The number of phenolic OH excluding ortho intramolecular Hbond substituents is 2. The lowest BCUT2D eigenvalue weighted by atomic mass is 10.1. The number of hydrazone groups is 1. The molecule has 0 saturated heterocycles. The molecule has 9 heteroatoms. The zero-order valence-corrected chi connectivity index (χ0v) is 18.4. The standard InChI is InChI=1S/C23H23N3O5S/c1-16-11-12-19(13-17(16)2)26(32(30,31)20-8-4-3-5-9-20)15-22(28)25-24-14-18-7-6-10-21(27)23(18)29/h3-14,27,29H,15H2,1-2H3,(H,25,28)/b24-14+. The largest absolute Gasteiger partial charge is 0.504 e. The molecular formula is C23H23N3O5S. The monoisotopic (exact) mass is 453 g/mol. The van der Waals surface area contributed by atoms with Crippen LogP contribution in [0.2, 0.25) is 0 Å². The number of aryl methyl sites for hydroxylation is 2. The topological polar surface area (TPSA) is 119 Å². The number of carbonyl (C=O) groups is 1. The quantitative estimate of drug-likeness (QED) is 0.289. The van der Waals surface area contributed by atoms with Crippen LogP contribution in [0.4, 0.5) is 5.69 Å². The molecule has 8 nitrogen and oxygen atoms in total. The van der Waals surface area contributed by atoms with Crippen LogP contribution >= 0.6 is 0 Å². The van der Waals surface area contributed by atoms with Crippen molar-refractivity contribution >= 4 is 27.8 Å². The van der Waals surface area contributed by atoms with Crippen molar-refractivity contribution < 1.29 is 23.4 Å². The van der Waals surface area contributed by atoms with Crippen LogP contribution in [0, 0.1) is 13.8 Å². The summed E-state index contributed by atoms with van der Waals surface area (Å²) in [5, 5.41) is 23.1. The van der Waals surface area contributed by atoms with E-state index in [-0.39, 0.29) is 22.0 Å². The Bertz CT molecular complexity index is 1260. The van der Waals surface area contributed by atoms with E-state index in [9.17, 15) is 23.4 Å². The van der Waals surface area contributed by atoms with E-state index in [1.54, 1.807) is 36.4 Å². The number of carbonyl (C=O) groups excluding carboxylic acids is 1. The number of benzene rings is 3. The van der Waals surface area contributed by atoms with Gasteiger partial charge in [-0.1, -0.05) is 30.3 Å². The van der Waals surface area contributed by atoms with Gasteiger partial charge in [-0.05, 0) is 61.4 Å². The van der Waals surface area contributed by atoms with E-state index in [1.165, 1.54) is 30.3 Å². The summed E-state index contributed by atoms with van der Waals surface area (Å²) < 4.78 is 27.6. The maximum atomic E-state index is 13.3. The van der Waals surface area contributed by atoms with Crippen LogP contribution in [-0.4, -0.2) is 37.3 Å². The maximum Gasteiger partial charge on any atom is 0.264 e. The lowest BCUT2D eigenvalue weighted by Crippen LogP contribution is -2.39. The lowest BCUT2D eigenvalue weighted by Gasteiger charge is -2.24. The van der Waals surface area contributed by atoms with Crippen LogP contribution < -0.4 is 9.73 Å². The molecule has 0 saturated carbocycles. The number of nitrogens with zero attached hydrogens (tertiary/aromatic N) is 2. The van der Waals surface area contributed by atoms with Crippen molar-refractivity contribution in [3.05, 3.63) is 83.4 Å². The minimum absolute atomic E-state index is 0.0548. The first-order valence-corrected chi connectivity index (χ1v) is 11.1. The second kappa shape index (κ2) is 9.52. The minimum Gasteiger partial charge on any atom is -0.504 e. The van der Waals surface area contributed by atoms with Gasteiger partial charge in [-0.15, -0.1) is 0 Å².